The third-order valence-corrected chi connectivity index (χ3v) is 4.08. The van der Waals surface area contributed by atoms with Gasteiger partial charge >= 0.3 is 0 Å². The Bertz CT molecular complexity index is 261. The van der Waals surface area contributed by atoms with Gasteiger partial charge in [0.15, 0.2) is 0 Å². The molecule has 1 amide bonds. The predicted molar refractivity (Wildman–Crippen MR) is 63.8 cm³/mol. The van der Waals surface area contributed by atoms with Crippen molar-refractivity contribution in [3.05, 3.63) is 0 Å². The van der Waals surface area contributed by atoms with Gasteiger partial charge in [0.2, 0.25) is 5.91 Å². The molecule has 0 heterocycles. The fourth-order valence-electron chi connectivity index (χ4n) is 2.88. The van der Waals surface area contributed by atoms with E-state index in [-0.39, 0.29) is 18.0 Å². The van der Waals surface area contributed by atoms with Crippen molar-refractivity contribution in [3.8, 4) is 0 Å². The first-order valence-corrected chi connectivity index (χ1v) is 6.47. The molecule has 5 N–H and O–H groups in total. The molecule has 0 unspecified atom stereocenters. The summed E-state index contributed by atoms with van der Waals surface area (Å²) in [5.41, 5.74) is 11.5. The number of nitrogens with two attached hydrogens (primary N) is 2. The molecule has 16 heavy (non-hydrogen) atoms. The minimum absolute atomic E-state index is 0.0207. The van der Waals surface area contributed by atoms with E-state index in [1.165, 1.54) is 6.42 Å². The zero-order valence-corrected chi connectivity index (χ0v) is 9.87. The number of hydrogen-bond acceptors (Lipinski definition) is 3. The van der Waals surface area contributed by atoms with E-state index in [1.54, 1.807) is 0 Å². The monoisotopic (exact) mass is 225 g/mol. The van der Waals surface area contributed by atoms with E-state index >= 15 is 0 Å². The van der Waals surface area contributed by atoms with Gasteiger partial charge in [-0.2, -0.15) is 0 Å². The first-order chi connectivity index (χ1) is 7.62. The highest BCUT2D eigenvalue weighted by molar-refractivity contribution is 5.86. The summed E-state index contributed by atoms with van der Waals surface area (Å²) >= 11 is 0. The summed E-state index contributed by atoms with van der Waals surface area (Å²) in [6, 6.07) is 0.255. The molecule has 2 fully saturated rings. The Morgan fingerprint density at radius 3 is 2.38 bits per heavy atom. The molecule has 4 heteroatoms. The SMILES string of the molecule is N[C@H]1CCCC[C@@H]1NC(=O)C1(N)CCCC1. The van der Waals surface area contributed by atoms with Crippen molar-refractivity contribution in [2.45, 2.75) is 69.0 Å². The Balaban J connectivity index is 1.90. The molecule has 2 rings (SSSR count). The van der Waals surface area contributed by atoms with Gasteiger partial charge in [0, 0.05) is 12.1 Å². The van der Waals surface area contributed by atoms with Gasteiger partial charge in [-0.3, -0.25) is 4.79 Å². The molecule has 0 aromatic carbocycles. The average Bonchev–Trinajstić information content (AvgIpc) is 2.70. The number of nitrogens with one attached hydrogen (secondary N) is 1. The van der Waals surface area contributed by atoms with Gasteiger partial charge in [-0.15, -0.1) is 0 Å². The second kappa shape index (κ2) is 4.72. The molecule has 0 saturated heterocycles. The Labute approximate surface area is 97.1 Å². The van der Waals surface area contributed by atoms with Gasteiger partial charge in [0.25, 0.3) is 0 Å². The molecule has 0 radical (unpaired) electrons. The molecule has 2 atom stereocenters. The van der Waals surface area contributed by atoms with Crippen LogP contribution < -0.4 is 16.8 Å². The van der Waals surface area contributed by atoms with Crippen LogP contribution in [0.1, 0.15) is 51.4 Å². The number of rotatable bonds is 2. The molecule has 2 aliphatic rings. The van der Waals surface area contributed by atoms with Crippen LogP contribution in [0, 0.1) is 0 Å². The first kappa shape index (κ1) is 11.9. The number of amides is 1. The van der Waals surface area contributed by atoms with E-state index in [4.69, 9.17) is 11.5 Å². The Hall–Kier alpha value is -0.610. The Morgan fingerprint density at radius 1 is 1.12 bits per heavy atom. The zero-order chi connectivity index (χ0) is 11.6. The lowest BCUT2D eigenvalue weighted by molar-refractivity contribution is -0.127. The molecule has 2 aliphatic carbocycles. The minimum Gasteiger partial charge on any atom is -0.350 e. The van der Waals surface area contributed by atoms with Gasteiger partial charge in [0.1, 0.15) is 0 Å². The summed E-state index contributed by atoms with van der Waals surface area (Å²) in [6.07, 6.45) is 8.14. The van der Waals surface area contributed by atoms with Crippen molar-refractivity contribution in [2.75, 3.05) is 0 Å². The quantitative estimate of drug-likeness (QED) is 0.645. The lowest BCUT2D eigenvalue weighted by Crippen LogP contribution is -2.58. The van der Waals surface area contributed by atoms with Gasteiger partial charge in [-0.05, 0) is 25.7 Å². The van der Waals surface area contributed by atoms with Gasteiger partial charge in [0.05, 0.1) is 5.54 Å². The van der Waals surface area contributed by atoms with Gasteiger partial charge in [-0.25, -0.2) is 0 Å². The Kier molecular flexibility index (Phi) is 3.50. The normalized spacial score (nSPS) is 33.6. The molecule has 0 aromatic rings. The first-order valence-electron chi connectivity index (χ1n) is 6.47. The maximum absolute atomic E-state index is 12.1. The van der Waals surface area contributed by atoms with Crippen LogP contribution in [0.15, 0.2) is 0 Å². The highest BCUT2D eigenvalue weighted by Crippen LogP contribution is 2.28. The largest absolute Gasteiger partial charge is 0.350 e. The Morgan fingerprint density at radius 2 is 1.75 bits per heavy atom. The lowest BCUT2D eigenvalue weighted by Gasteiger charge is -2.32. The molecule has 4 nitrogen and oxygen atoms in total. The van der Waals surface area contributed by atoms with Crippen molar-refractivity contribution in [1.82, 2.24) is 5.32 Å². The number of carbonyl (C=O) groups is 1. The number of carbonyl (C=O) groups excluding carboxylic acids is 1. The highest BCUT2D eigenvalue weighted by atomic mass is 16.2. The van der Waals surface area contributed by atoms with Crippen LogP contribution in [0.3, 0.4) is 0 Å². The van der Waals surface area contributed by atoms with Crippen molar-refractivity contribution in [1.29, 1.82) is 0 Å². The van der Waals surface area contributed by atoms with Crippen molar-refractivity contribution in [2.24, 2.45) is 11.5 Å². The average molecular weight is 225 g/mol. The molecule has 2 saturated carbocycles. The van der Waals surface area contributed by atoms with Crippen molar-refractivity contribution >= 4 is 5.91 Å². The van der Waals surface area contributed by atoms with Crippen LogP contribution in [0.5, 0.6) is 0 Å². The van der Waals surface area contributed by atoms with Crippen LogP contribution in [-0.4, -0.2) is 23.5 Å². The van der Waals surface area contributed by atoms with Crippen LogP contribution in [0.4, 0.5) is 0 Å². The second-order valence-corrected chi connectivity index (χ2v) is 5.39. The lowest BCUT2D eigenvalue weighted by atomic mass is 9.89. The summed E-state index contributed by atoms with van der Waals surface area (Å²) < 4.78 is 0. The van der Waals surface area contributed by atoms with E-state index in [9.17, 15) is 4.79 Å². The molecule has 0 spiro atoms. The van der Waals surface area contributed by atoms with E-state index in [0.29, 0.717) is 0 Å². The van der Waals surface area contributed by atoms with Gasteiger partial charge < -0.3 is 16.8 Å². The van der Waals surface area contributed by atoms with Crippen LogP contribution in [0.2, 0.25) is 0 Å². The van der Waals surface area contributed by atoms with E-state index in [0.717, 1.165) is 44.9 Å². The fraction of sp³-hybridized carbons (Fsp3) is 0.917. The standard InChI is InChI=1S/C12H23N3O/c13-9-5-1-2-6-10(9)15-11(16)12(14)7-3-4-8-12/h9-10H,1-8,13-14H2,(H,15,16)/t9-,10-/m0/s1. The summed E-state index contributed by atoms with van der Waals surface area (Å²) in [5, 5.41) is 3.06. The van der Waals surface area contributed by atoms with Crippen LogP contribution in [-0.2, 0) is 4.79 Å². The van der Waals surface area contributed by atoms with Crippen molar-refractivity contribution in [3.63, 3.8) is 0 Å². The summed E-state index contributed by atoms with van der Waals surface area (Å²) in [4.78, 5) is 12.1. The summed E-state index contributed by atoms with van der Waals surface area (Å²) in [5.74, 6) is 0.0207. The maximum Gasteiger partial charge on any atom is 0.240 e. The fourth-order valence-corrected chi connectivity index (χ4v) is 2.88. The summed E-state index contributed by atoms with van der Waals surface area (Å²) in [6.45, 7) is 0. The molecule has 0 bridgehead atoms. The molecule has 0 aliphatic heterocycles. The summed E-state index contributed by atoms with van der Waals surface area (Å²) in [7, 11) is 0. The van der Waals surface area contributed by atoms with E-state index < -0.39 is 5.54 Å². The number of hydrogen-bond donors (Lipinski definition) is 3. The van der Waals surface area contributed by atoms with Crippen LogP contribution in [0.25, 0.3) is 0 Å². The molecular formula is C12H23N3O. The van der Waals surface area contributed by atoms with E-state index in [2.05, 4.69) is 5.32 Å². The molecular weight excluding hydrogens is 202 g/mol. The third-order valence-electron chi connectivity index (χ3n) is 4.08. The maximum atomic E-state index is 12.1. The third kappa shape index (κ3) is 2.38. The van der Waals surface area contributed by atoms with Crippen LogP contribution >= 0.6 is 0 Å². The topological polar surface area (TPSA) is 81.1 Å². The minimum atomic E-state index is -0.614. The van der Waals surface area contributed by atoms with Crippen molar-refractivity contribution < 1.29 is 4.79 Å². The van der Waals surface area contributed by atoms with Gasteiger partial charge in [-0.1, -0.05) is 25.7 Å². The highest BCUT2D eigenvalue weighted by Gasteiger charge is 2.38. The van der Waals surface area contributed by atoms with E-state index in [1.807, 2.05) is 0 Å². The second-order valence-electron chi connectivity index (χ2n) is 5.39. The smallest absolute Gasteiger partial charge is 0.240 e. The molecule has 0 aromatic heterocycles. The zero-order valence-electron chi connectivity index (χ0n) is 9.87. The molecule has 92 valence electrons. The predicted octanol–water partition coefficient (Wildman–Crippen LogP) is 0.644.